The maximum atomic E-state index is 12.7. The summed E-state index contributed by atoms with van der Waals surface area (Å²) in [5.74, 6) is -0.115. The molecule has 3 rings (SSSR count). The Balaban J connectivity index is 1.74. The molecule has 0 bridgehead atoms. The van der Waals surface area contributed by atoms with Gasteiger partial charge in [0.25, 0.3) is 0 Å². The number of carbonyl (C=O) groups excluding carboxylic acids is 2. The van der Waals surface area contributed by atoms with Crippen LogP contribution in [-0.2, 0) is 22.6 Å². The van der Waals surface area contributed by atoms with Gasteiger partial charge in [0.05, 0.1) is 6.54 Å². The molecule has 0 unspecified atom stereocenters. The normalized spacial score (nSPS) is 17.8. The van der Waals surface area contributed by atoms with Crippen molar-refractivity contribution in [1.82, 2.24) is 10.2 Å². The second-order valence-electron chi connectivity index (χ2n) is 6.42. The fourth-order valence-electron chi connectivity index (χ4n) is 3.02. The maximum Gasteiger partial charge on any atom is 0.246 e. The van der Waals surface area contributed by atoms with Gasteiger partial charge in [-0.05, 0) is 36.1 Å². The van der Waals surface area contributed by atoms with Crippen molar-refractivity contribution in [2.75, 3.05) is 6.54 Å². The van der Waals surface area contributed by atoms with Crippen molar-refractivity contribution in [1.29, 1.82) is 0 Å². The van der Waals surface area contributed by atoms with Crippen LogP contribution in [-0.4, -0.2) is 29.3 Å². The van der Waals surface area contributed by atoms with Crippen molar-refractivity contribution < 1.29 is 9.59 Å². The average Bonchev–Trinajstić information content (AvgIpc) is 2.56. The summed E-state index contributed by atoms with van der Waals surface area (Å²) in [5, 5.41) is 2.83. The van der Waals surface area contributed by atoms with E-state index in [4.69, 9.17) is 0 Å². The van der Waals surface area contributed by atoms with Crippen molar-refractivity contribution in [3.05, 3.63) is 70.8 Å². The number of nitrogens with one attached hydrogen (secondary N) is 1. The first-order valence-corrected chi connectivity index (χ1v) is 8.21. The molecule has 0 radical (unpaired) electrons. The summed E-state index contributed by atoms with van der Waals surface area (Å²) in [5.41, 5.74) is 4.52. The minimum Gasteiger partial charge on any atom is -0.342 e. The second-order valence-corrected chi connectivity index (χ2v) is 6.42. The molecule has 0 aliphatic carbocycles. The van der Waals surface area contributed by atoms with Gasteiger partial charge in [-0.3, -0.25) is 9.59 Å². The molecule has 1 aliphatic heterocycles. The van der Waals surface area contributed by atoms with E-state index in [0.717, 1.165) is 11.1 Å². The summed E-state index contributed by atoms with van der Waals surface area (Å²) >= 11 is 0. The summed E-state index contributed by atoms with van der Waals surface area (Å²) in [6, 6.07) is 15.4. The molecule has 0 aromatic heterocycles. The van der Waals surface area contributed by atoms with Gasteiger partial charge in [0.2, 0.25) is 11.8 Å². The lowest BCUT2D eigenvalue weighted by atomic mass is 9.99. The SMILES string of the molecule is Cc1ccc(C[C@@H]2NC(=O)CN(Cc3ccccc3)C2=O)cc1C. The number of amides is 2. The average molecular weight is 322 g/mol. The molecule has 1 saturated heterocycles. The summed E-state index contributed by atoms with van der Waals surface area (Å²) < 4.78 is 0. The quantitative estimate of drug-likeness (QED) is 0.939. The molecule has 2 aromatic carbocycles. The third-order valence-electron chi connectivity index (χ3n) is 4.51. The molecule has 2 amide bonds. The summed E-state index contributed by atoms with van der Waals surface area (Å²) in [6.45, 7) is 4.71. The van der Waals surface area contributed by atoms with E-state index in [0.29, 0.717) is 13.0 Å². The first-order chi connectivity index (χ1) is 11.5. The predicted molar refractivity (Wildman–Crippen MR) is 93.4 cm³/mol. The lowest BCUT2D eigenvalue weighted by molar-refractivity contribution is -0.144. The lowest BCUT2D eigenvalue weighted by Gasteiger charge is -2.32. The Kier molecular flexibility index (Phi) is 4.65. The Labute approximate surface area is 142 Å². The van der Waals surface area contributed by atoms with Gasteiger partial charge >= 0.3 is 0 Å². The summed E-state index contributed by atoms with van der Waals surface area (Å²) in [7, 11) is 0. The number of benzene rings is 2. The number of hydrogen-bond acceptors (Lipinski definition) is 2. The van der Waals surface area contributed by atoms with Crippen molar-refractivity contribution in [3.8, 4) is 0 Å². The molecule has 1 fully saturated rings. The van der Waals surface area contributed by atoms with Gasteiger partial charge < -0.3 is 10.2 Å². The van der Waals surface area contributed by atoms with Gasteiger partial charge in [-0.2, -0.15) is 0 Å². The van der Waals surface area contributed by atoms with Crippen LogP contribution in [0.1, 0.15) is 22.3 Å². The fraction of sp³-hybridized carbons (Fsp3) is 0.300. The smallest absolute Gasteiger partial charge is 0.246 e. The van der Waals surface area contributed by atoms with Crippen LogP contribution in [0.3, 0.4) is 0 Å². The highest BCUT2D eigenvalue weighted by Gasteiger charge is 2.32. The first kappa shape index (κ1) is 16.2. The zero-order valence-electron chi connectivity index (χ0n) is 14.1. The molecule has 1 aliphatic rings. The predicted octanol–water partition coefficient (Wildman–Crippen LogP) is 2.37. The van der Waals surface area contributed by atoms with Crippen LogP contribution >= 0.6 is 0 Å². The second kappa shape index (κ2) is 6.87. The van der Waals surface area contributed by atoms with Crippen molar-refractivity contribution in [3.63, 3.8) is 0 Å². The van der Waals surface area contributed by atoms with Crippen molar-refractivity contribution >= 4 is 11.8 Å². The Morgan fingerprint density at radius 3 is 2.46 bits per heavy atom. The number of hydrogen-bond donors (Lipinski definition) is 1. The molecule has 0 saturated carbocycles. The monoisotopic (exact) mass is 322 g/mol. The summed E-state index contributed by atoms with van der Waals surface area (Å²) in [4.78, 5) is 26.4. The molecule has 124 valence electrons. The van der Waals surface area contributed by atoms with E-state index in [1.54, 1.807) is 4.90 Å². The van der Waals surface area contributed by atoms with Crippen LogP contribution in [0, 0.1) is 13.8 Å². The Morgan fingerprint density at radius 1 is 1.00 bits per heavy atom. The highest BCUT2D eigenvalue weighted by atomic mass is 16.2. The molecule has 0 spiro atoms. The van der Waals surface area contributed by atoms with Gasteiger partial charge in [-0.25, -0.2) is 0 Å². The lowest BCUT2D eigenvalue weighted by Crippen LogP contribution is -2.58. The van der Waals surface area contributed by atoms with Crippen LogP contribution in [0.4, 0.5) is 0 Å². The zero-order chi connectivity index (χ0) is 17.1. The van der Waals surface area contributed by atoms with Crippen LogP contribution in [0.25, 0.3) is 0 Å². The Hall–Kier alpha value is -2.62. The van der Waals surface area contributed by atoms with E-state index in [1.165, 1.54) is 11.1 Å². The highest BCUT2D eigenvalue weighted by Crippen LogP contribution is 2.15. The number of piperazine rings is 1. The van der Waals surface area contributed by atoms with Crippen LogP contribution < -0.4 is 5.32 Å². The zero-order valence-corrected chi connectivity index (χ0v) is 14.1. The Bertz CT molecular complexity index is 755. The Morgan fingerprint density at radius 2 is 1.75 bits per heavy atom. The first-order valence-electron chi connectivity index (χ1n) is 8.21. The third-order valence-corrected chi connectivity index (χ3v) is 4.51. The van der Waals surface area contributed by atoms with Crippen molar-refractivity contribution in [2.24, 2.45) is 0 Å². The molecular weight excluding hydrogens is 300 g/mol. The molecule has 4 heteroatoms. The van der Waals surface area contributed by atoms with E-state index in [1.807, 2.05) is 36.4 Å². The van der Waals surface area contributed by atoms with Gasteiger partial charge in [0.15, 0.2) is 0 Å². The number of nitrogens with zero attached hydrogens (tertiary/aromatic N) is 1. The highest BCUT2D eigenvalue weighted by molar-refractivity contribution is 5.95. The minimum absolute atomic E-state index is 0.0170. The molecule has 1 atom stereocenters. The standard InChI is InChI=1S/C20H22N2O2/c1-14-8-9-17(10-15(14)2)11-18-20(24)22(13-19(23)21-18)12-16-6-4-3-5-7-16/h3-10,18H,11-13H2,1-2H3,(H,21,23)/t18-/m0/s1. The van der Waals surface area contributed by atoms with E-state index in [2.05, 4.69) is 31.3 Å². The number of aryl methyl sites for hydroxylation is 2. The van der Waals surface area contributed by atoms with Gasteiger partial charge in [0.1, 0.15) is 6.04 Å². The van der Waals surface area contributed by atoms with Crippen LogP contribution in [0.5, 0.6) is 0 Å². The third kappa shape index (κ3) is 3.65. The van der Waals surface area contributed by atoms with E-state index in [-0.39, 0.29) is 18.4 Å². The van der Waals surface area contributed by atoms with Gasteiger partial charge in [-0.15, -0.1) is 0 Å². The maximum absolute atomic E-state index is 12.7. The van der Waals surface area contributed by atoms with Gasteiger partial charge in [0, 0.05) is 13.0 Å². The summed E-state index contributed by atoms with van der Waals surface area (Å²) in [6.07, 6.45) is 0.525. The minimum atomic E-state index is -0.489. The van der Waals surface area contributed by atoms with E-state index >= 15 is 0 Å². The molecule has 24 heavy (non-hydrogen) atoms. The molecule has 4 nitrogen and oxygen atoms in total. The van der Waals surface area contributed by atoms with Gasteiger partial charge in [-0.1, -0.05) is 48.5 Å². The van der Waals surface area contributed by atoms with Crippen LogP contribution in [0.2, 0.25) is 0 Å². The van der Waals surface area contributed by atoms with Crippen LogP contribution in [0.15, 0.2) is 48.5 Å². The van der Waals surface area contributed by atoms with Crippen molar-refractivity contribution in [2.45, 2.75) is 32.9 Å². The molecular formula is C20H22N2O2. The molecule has 2 aromatic rings. The van der Waals surface area contributed by atoms with E-state index < -0.39 is 6.04 Å². The largest absolute Gasteiger partial charge is 0.342 e. The topological polar surface area (TPSA) is 49.4 Å². The molecule has 1 heterocycles. The fourth-order valence-corrected chi connectivity index (χ4v) is 3.02. The van der Waals surface area contributed by atoms with E-state index in [9.17, 15) is 9.59 Å². The number of carbonyl (C=O) groups is 2. The molecule has 1 N–H and O–H groups in total. The number of rotatable bonds is 4.